The molecule has 0 aliphatic heterocycles. The Morgan fingerprint density at radius 1 is 1.13 bits per heavy atom. The second-order valence-corrected chi connectivity index (χ2v) is 8.24. The van der Waals surface area contributed by atoms with Crippen LogP contribution in [0.15, 0.2) is 46.4 Å². The molecule has 0 radical (unpaired) electrons. The molecule has 1 amide bonds. The second-order valence-electron chi connectivity index (χ2n) is 6.71. The number of carbonyl (C=O) groups excluding carboxylic acids is 1. The summed E-state index contributed by atoms with van der Waals surface area (Å²) < 4.78 is 0. The summed E-state index contributed by atoms with van der Waals surface area (Å²) >= 11 is 7.53. The number of rotatable bonds is 10. The standard InChI is InChI=1S/C20H27ClN8OS/c1-12(22)9-11-31-14-7-5-13(6-8-14)4-2-3-10-26-20(25)29-19(30)15-17(23)28-18(24)16(21)27-15/h5-8H,1-4,9-11,22H2,(H4,23,24,28)(H3,25,26,29,30). The van der Waals surface area contributed by atoms with Crippen LogP contribution in [0.4, 0.5) is 11.6 Å². The van der Waals surface area contributed by atoms with Crippen molar-refractivity contribution < 1.29 is 4.79 Å². The summed E-state index contributed by atoms with van der Waals surface area (Å²) in [5, 5.41) is 2.31. The third-order valence-electron chi connectivity index (χ3n) is 4.13. The molecule has 0 atom stereocenters. The number of nitrogen functional groups attached to an aromatic ring is 2. The van der Waals surface area contributed by atoms with Crippen LogP contribution in [0.3, 0.4) is 0 Å². The number of hydrogen-bond acceptors (Lipinski definition) is 8. The van der Waals surface area contributed by atoms with Crippen LogP contribution in [0, 0.1) is 0 Å². The highest BCUT2D eigenvalue weighted by Gasteiger charge is 2.16. The number of thioether (sulfide) groups is 1. The van der Waals surface area contributed by atoms with Crippen LogP contribution in [0.2, 0.25) is 5.15 Å². The van der Waals surface area contributed by atoms with Gasteiger partial charge in [0.05, 0.1) is 0 Å². The molecule has 0 aliphatic carbocycles. The molecule has 31 heavy (non-hydrogen) atoms. The summed E-state index contributed by atoms with van der Waals surface area (Å²) in [4.78, 5) is 25.1. The van der Waals surface area contributed by atoms with Crippen LogP contribution in [0.5, 0.6) is 0 Å². The zero-order valence-corrected chi connectivity index (χ0v) is 18.7. The minimum absolute atomic E-state index is 0.0271. The van der Waals surface area contributed by atoms with Gasteiger partial charge in [0.2, 0.25) is 0 Å². The average molecular weight is 463 g/mol. The first-order chi connectivity index (χ1) is 14.8. The molecular formula is C20H27ClN8OS. The third kappa shape index (κ3) is 8.35. The number of carbonyl (C=O) groups is 1. The summed E-state index contributed by atoms with van der Waals surface area (Å²) in [6.45, 7) is 4.18. The van der Waals surface area contributed by atoms with Crippen molar-refractivity contribution in [3.05, 3.63) is 53.0 Å². The van der Waals surface area contributed by atoms with E-state index in [0.29, 0.717) is 12.2 Å². The van der Waals surface area contributed by atoms with Gasteiger partial charge in [0.25, 0.3) is 5.91 Å². The fourth-order valence-corrected chi connectivity index (χ4v) is 3.57. The first-order valence-corrected chi connectivity index (χ1v) is 11.0. The smallest absolute Gasteiger partial charge is 0.280 e. The minimum Gasteiger partial charge on any atom is -0.402 e. The maximum atomic E-state index is 12.2. The number of anilines is 2. The summed E-state index contributed by atoms with van der Waals surface area (Å²) in [7, 11) is 0. The minimum atomic E-state index is -0.651. The Bertz CT molecular complexity index is 949. The van der Waals surface area contributed by atoms with E-state index in [4.69, 9.17) is 34.5 Å². The molecule has 9 nitrogen and oxygen atoms in total. The lowest BCUT2D eigenvalue weighted by molar-refractivity contribution is 0.0972. The second kappa shape index (κ2) is 12.0. The number of benzene rings is 1. The first kappa shape index (κ1) is 24.3. The van der Waals surface area contributed by atoms with Crippen LogP contribution in [0.25, 0.3) is 0 Å². The van der Waals surface area contributed by atoms with E-state index in [0.717, 1.165) is 31.4 Å². The highest BCUT2D eigenvalue weighted by atomic mass is 35.5. The van der Waals surface area contributed by atoms with Gasteiger partial charge >= 0.3 is 0 Å². The molecule has 0 bridgehead atoms. The van der Waals surface area contributed by atoms with Crippen LogP contribution in [-0.2, 0) is 6.42 Å². The van der Waals surface area contributed by atoms with E-state index in [2.05, 4.69) is 51.1 Å². The highest BCUT2D eigenvalue weighted by Crippen LogP contribution is 2.20. The fourth-order valence-electron chi connectivity index (χ4n) is 2.52. The summed E-state index contributed by atoms with van der Waals surface area (Å²) in [6, 6.07) is 8.48. The molecule has 2 aromatic rings. The molecule has 1 heterocycles. The molecule has 0 saturated carbocycles. The number of unbranched alkanes of at least 4 members (excludes halogenated alkanes) is 1. The van der Waals surface area contributed by atoms with Crippen molar-refractivity contribution in [2.45, 2.75) is 30.6 Å². The third-order valence-corrected chi connectivity index (χ3v) is 5.42. The summed E-state index contributed by atoms with van der Waals surface area (Å²) in [5.74, 6) is 0.0579. The van der Waals surface area contributed by atoms with Crippen LogP contribution >= 0.6 is 23.4 Å². The van der Waals surface area contributed by atoms with Crippen molar-refractivity contribution in [2.24, 2.45) is 16.5 Å². The van der Waals surface area contributed by atoms with E-state index in [9.17, 15) is 4.79 Å². The van der Waals surface area contributed by atoms with E-state index in [-0.39, 0.29) is 28.4 Å². The molecule has 1 aromatic heterocycles. The number of allylic oxidation sites excluding steroid dienone is 1. The van der Waals surface area contributed by atoms with Gasteiger partial charge in [-0.25, -0.2) is 9.97 Å². The van der Waals surface area contributed by atoms with Crippen molar-refractivity contribution in [1.29, 1.82) is 0 Å². The number of nitrogens with two attached hydrogens (primary N) is 4. The van der Waals surface area contributed by atoms with Crippen molar-refractivity contribution >= 4 is 46.9 Å². The monoisotopic (exact) mass is 462 g/mol. The van der Waals surface area contributed by atoms with Gasteiger partial charge < -0.3 is 22.9 Å². The summed E-state index contributed by atoms with van der Waals surface area (Å²) in [5.41, 5.74) is 24.3. The number of nitrogens with zero attached hydrogens (tertiary/aromatic N) is 3. The molecule has 0 saturated heterocycles. The van der Waals surface area contributed by atoms with Crippen molar-refractivity contribution in [1.82, 2.24) is 15.3 Å². The van der Waals surface area contributed by atoms with Crippen LogP contribution in [-0.4, -0.2) is 34.1 Å². The molecule has 0 unspecified atom stereocenters. The van der Waals surface area contributed by atoms with E-state index in [1.165, 1.54) is 10.5 Å². The first-order valence-electron chi connectivity index (χ1n) is 9.61. The van der Waals surface area contributed by atoms with Crippen LogP contribution in [0.1, 0.15) is 35.3 Å². The maximum Gasteiger partial charge on any atom is 0.280 e. The predicted octanol–water partition coefficient (Wildman–Crippen LogP) is 2.32. The number of aryl methyl sites for hydroxylation is 1. The number of aromatic nitrogens is 2. The zero-order chi connectivity index (χ0) is 22.8. The number of guanidine groups is 1. The van der Waals surface area contributed by atoms with Crippen molar-refractivity contribution in [3.63, 3.8) is 0 Å². The SMILES string of the molecule is C=C(N)CCSc1ccc(CCCCN=C(N)NC(=O)c2nc(Cl)c(N)nc2N)cc1. The van der Waals surface area contributed by atoms with Crippen LogP contribution < -0.4 is 28.3 Å². The van der Waals surface area contributed by atoms with Gasteiger partial charge in [-0.15, -0.1) is 11.8 Å². The Labute approximate surface area is 190 Å². The summed E-state index contributed by atoms with van der Waals surface area (Å²) in [6.07, 6.45) is 3.50. The number of amides is 1. The molecule has 0 aliphatic rings. The lowest BCUT2D eigenvalue weighted by atomic mass is 10.1. The molecule has 0 spiro atoms. The van der Waals surface area contributed by atoms with E-state index in [1.807, 2.05) is 0 Å². The van der Waals surface area contributed by atoms with Gasteiger partial charge in [-0.3, -0.25) is 15.1 Å². The molecule has 166 valence electrons. The van der Waals surface area contributed by atoms with Gasteiger partial charge in [0.1, 0.15) is 0 Å². The van der Waals surface area contributed by atoms with E-state index in [1.54, 1.807) is 11.8 Å². The van der Waals surface area contributed by atoms with Gasteiger partial charge in [0.15, 0.2) is 28.4 Å². The fraction of sp³-hybridized carbons (Fsp3) is 0.300. The Morgan fingerprint density at radius 2 is 1.84 bits per heavy atom. The van der Waals surface area contributed by atoms with Gasteiger partial charge in [0, 0.05) is 22.9 Å². The average Bonchev–Trinajstić information content (AvgIpc) is 2.71. The molecular weight excluding hydrogens is 436 g/mol. The van der Waals surface area contributed by atoms with E-state index < -0.39 is 5.91 Å². The Balaban J connectivity index is 1.72. The topological polar surface area (TPSA) is 171 Å². The normalized spacial score (nSPS) is 11.3. The molecule has 9 N–H and O–H groups in total. The predicted molar refractivity (Wildman–Crippen MR) is 128 cm³/mol. The van der Waals surface area contributed by atoms with E-state index >= 15 is 0 Å². The quantitative estimate of drug-likeness (QED) is 0.155. The molecule has 0 fully saturated rings. The zero-order valence-electron chi connectivity index (χ0n) is 17.1. The van der Waals surface area contributed by atoms with Gasteiger partial charge in [-0.1, -0.05) is 30.3 Å². The molecule has 11 heteroatoms. The van der Waals surface area contributed by atoms with Gasteiger partial charge in [-0.2, -0.15) is 0 Å². The van der Waals surface area contributed by atoms with Gasteiger partial charge in [-0.05, 0) is 43.4 Å². The Hall–Kier alpha value is -2.98. The molecule has 2 rings (SSSR count). The lowest BCUT2D eigenvalue weighted by Gasteiger charge is -2.07. The number of aliphatic imine (C=N–C) groups is 1. The Kier molecular flexibility index (Phi) is 9.41. The lowest BCUT2D eigenvalue weighted by Crippen LogP contribution is -2.38. The number of halogens is 1. The molecule has 1 aromatic carbocycles. The van der Waals surface area contributed by atoms with Crippen molar-refractivity contribution in [3.8, 4) is 0 Å². The largest absolute Gasteiger partial charge is 0.402 e. The van der Waals surface area contributed by atoms with Crippen molar-refractivity contribution in [2.75, 3.05) is 23.8 Å². The highest BCUT2D eigenvalue weighted by molar-refractivity contribution is 7.99. The Morgan fingerprint density at radius 3 is 2.52 bits per heavy atom. The number of hydrogen-bond donors (Lipinski definition) is 5. The maximum absolute atomic E-state index is 12.2. The number of nitrogens with one attached hydrogen (secondary N) is 1.